The van der Waals surface area contributed by atoms with Gasteiger partial charge in [0, 0.05) is 11.3 Å². The van der Waals surface area contributed by atoms with E-state index in [1.807, 2.05) is 17.8 Å². The molecule has 20 heavy (non-hydrogen) atoms. The highest BCUT2D eigenvalue weighted by molar-refractivity contribution is 7.99. The molecule has 3 nitrogen and oxygen atoms in total. The van der Waals surface area contributed by atoms with Crippen molar-refractivity contribution in [2.24, 2.45) is 5.73 Å². The molecular formula is C16H23NO2S. The van der Waals surface area contributed by atoms with E-state index in [-0.39, 0.29) is 5.54 Å². The standard InChI is InChI=1S/C16H23NO2S/c1-18-15-10-12(16(17)7-2-3-8-16)4-5-14(15)19-13-6-9-20-11-13/h4-5,10,13H,2-3,6-9,11,17H2,1H3. The van der Waals surface area contributed by atoms with Crippen molar-refractivity contribution < 1.29 is 9.47 Å². The van der Waals surface area contributed by atoms with Crippen LogP contribution in [0.2, 0.25) is 0 Å². The van der Waals surface area contributed by atoms with Crippen LogP contribution in [-0.2, 0) is 5.54 Å². The third kappa shape index (κ3) is 2.77. The first-order chi connectivity index (χ1) is 9.71. The molecule has 1 aromatic carbocycles. The summed E-state index contributed by atoms with van der Waals surface area (Å²) in [5.74, 6) is 3.93. The number of ether oxygens (including phenoxy) is 2. The Morgan fingerprint density at radius 1 is 1.25 bits per heavy atom. The molecule has 0 bridgehead atoms. The van der Waals surface area contributed by atoms with E-state index in [0.29, 0.717) is 6.10 Å². The first kappa shape index (κ1) is 14.1. The Bertz CT molecular complexity index is 466. The Hall–Kier alpha value is -0.870. The average molecular weight is 293 g/mol. The molecule has 0 radical (unpaired) electrons. The number of rotatable bonds is 4. The summed E-state index contributed by atoms with van der Waals surface area (Å²) in [5, 5.41) is 0. The molecule has 2 aliphatic rings. The highest BCUT2D eigenvalue weighted by atomic mass is 32.2. The molecule has 3 rings (SSSR count). The van der Waals surface area contributed by atoms with Gasteiger partial charge >= 0.3 is 0 Å². The lowest BCUT2D eigenvalue weighted by Gasteiger charge is -2.25. The lowest BCUT2D eigenvalue weighted by atomic mass is 9.89. The van der Waals surface area contributed by atoms with Crippen molar-refractivity contribution >= 4 is 11.8 Å². The van der Waals surface area contributed by atoms with E-state index < -0.39 is 0 Å². The molecule has 1 heterocycles. The van der Waals surface area contributed by atoms with Crippen molar-refractivity contribution in [1.82, 2.24) is 0 Å². The van der Waals surface area contributed by atoms with E-state index in [2.05, 4.69) is 12.1 Å². The fourth-order valence-electron chi connectivity index (χ4n) is 3.15. The molecular weight excluding hydrogens is 270 g/mol. The van der Waals surface area contributed by atoms with Crippen molar-refractivity contribution in [3.05, 3.63) is 23.8 Å². The molecule has 1 atom stereocenters. The van der Waals surface area contributed by atoms with Gasteiger partial charge in [0.25, 0.3) is 0 Å². The van der Waals surface area contributed by atoms with Crippen LogP contribution in [0.5, 0.6) is 11.5 Å². The van der Waals surface area contributed by atoms with E-state index in [1.165, 1.54) is 24.2 Å². The molecule has 0 amide bonds. The second kappa shape index (κ2) is 5.86. The molecule has 1 aliphatic heterocycles. The predicted molar refractivity (Wildman–Crippen MR) is 83.7 cm³/mol. The monoisotopic (exact) mass is 293 g/mol. The minimum Gasteiger partial charge on any atom is -0.493 e. The third-order valence-electron chi connectivity index (χ3n) is 4.42. The maximum atomic E-state index is 6.52. The summed E-state index contributed by atoms with van der Waals surface area (Å²) in [4.78, 5) is 0. The first-order valence-corrected chi connectivity index (χ1v) is 8.58. The highest BCUT2D eigenvalue weighted by Crippen LogP contribution is 2.40. The predicted octanol–water partition coefficient (Wildman–Crippen LogP) is 3.31. The van der Waals surface area contributed by atoms with Crippen LogP contribution >= 0.6 is 11.8 Å². The SMILES string of the molecule is COc1cc(C2(N)CCCC2)ccc1OC1CCSC1. The van der Waals surface area contributed by atoms with E-state index in [0.717, 1.165) is 36.5 Å². The van der Waals surface area contributed by atoms with Crippen LogP contribution in [0.15, 0.2) is 18.2 Å². The molecule has 1 aliphatic carbocycles. The van der Waals surface area contributed by atoms with Crippen LogP contribution in [0, 0.1) is 0 Å². The normalized spacial score (nSPS) is 24.8. The van der Waals surface area contributed by atoms with E-state index in [1.54, 1.807) is 7.11 Å². The molecule has 2 N–H and O–H groups in total. The van der Waals surface area contributed by atoms with E-state index in [9.17, 15) is 0 Å². The van der Waals surface area contributed by atoms with Crippen molar-refractivity contribution in [2.75, 3.05) is 18.6 Å². The lowest BCUT2D eigenvalue weighted by molar-refractivity contribution is 0.218. The van der Waals surface area contributed by atoms with Crippen LogP contribution in [0.3, 0.4) is 0 Å². The van der Waals surface area contributed by atoms with Gasteiger partial charge in [-0.05, 0) is 42.7 Å². The second-order valence-corrected chi connectivity index (χ2v) is 6.98. The van der Waals surface area contributed by atoms with Gasteiger partial charge in [0.1, 0.15) is 6.10 Å². The smallest absolute Gasteiger partial charge is 0.161 e. The zero-order valence-electron chi connectivity index (χ0n) is 12.1. The molecule has 1 saturated carbocycles. The van der Waals surface area contributed by atoms with Gasteiger partial charge in [-0.2, -0.15) is 11.8 Å². The first-order valence-electron chi connectivity index (χ1n) is 7.43. The number of methoxy groups -OCH3 is 1. The molecule has 2 fully saturated rings. The summed E-state index contributed by atoms with van der Waals surface area (Å²) in [5.41, 5.74) is 7.53. The Morgan fingerprint density at radius 3 is 2.70 bits per heavy atom. The van der Waals surface area contributed by atoms with E-state index in [4.69, 9.17) is 15.2 Å². The summed E-state index contributed by atoms with van der Waals surface area (Å²) in [6.07, 6.45) is 6.01. The number of thioether (sulfide) groups is 1. The van der Waals surface area contributed by atoms with E-state index >= 15 is 0 Å². The molecule has 1 unspecified atom stereocenters. The largest absolute Gasteiger partial charge is 0.493 e. The quantitative estimate of drug-likeness (QED) is 0.925. The van der Waals surface area contributed by atoms with Gasteiger partial charge in [-0.15, -0.1) is 0 Å². The van der Waals surface area contributed by atoms with Crippen LogP contribution in [0.25, 0.3) is 0 Å². The molecule has 0 aromatic heterocycles. The Morgan fingerprint density at radius 2 is 2.05 bits per heavy atom. The maximum absolute atomic E-state index is 6.52. The van der Waals surface area contributed by atoms with Crippen molar-refractivity contribution in [3.8, 4) is 11.5 Å². The summed E-state index contributed by atoms with van der Waals surface area (Å²) >= 11 is 1.95. The van der Waals surface area contributed by atoms with Crippen LogP contribution in [0.4, 0.5) is 0 Å². The summed E-state index contributed by atoms with van der Waals surface area (Å²) < 4.78 is 11.6. The Labute approximate surface area is 125 Å². The number of nitrogens with two attached hydrogens (primary N) is 1. The number of hydrogen-bond donors (Lipinski definition) is 1. The van der Waals surface area contributed by atoms with Gasteiger partial charge < -0.3 is 15.2 Å². The minimum absolute atomic E-state index is 0.172. The summed E-state index contributed by atoms with van der Waals surface area (Å²) in [7, 11) is 1.70. The summed E-state index contributed by atoms with van der Waals surface area (Å²) in [6.45, 7) is 0. The second-order valence-electron chi connectivity index (χ2n) is 5.83. The topological polar surface area (TPSA) is 44.5 Å². The van der Waals surface area contributed by atoms with Crippen LogP contribution in [0.1, 0.15) is 37.7 Å². The van der Waals surface area contributed by atoms with Gasteiger partial charge in [0.15, 0.2) is 11.5 Å². The molecule has 1 saturated heterocycles. The third-order valence-corrected chi connectivity index (χ3v) is 5.55. The van der Waals surface area contributed by atoms with Gasteiger partial charge in [-0.25, -0.2) is 0 Å². The van der Waals surface area contributed by atoms with Gasteiger partial charge in [-0.3, -0.25) is 0 Å². The van der Waals surface area contributed by atoms with Crippen molar-refractivity contribution in [1.29, 1.82) is 0 Å². The molecule has 4 heteroatoms. The summed E-state index contributed by atoms with van der Waals surface area (Å²) in [6, 6.07) is 6.22. The van der Waals surface area contributed by atoms with Crippen molar-refractivity contribution in [2.45, 2.75) is 43.7 Å². The van der Waals surface area contributed by atoms with Gasteiger partial charge in [0.2, 0.25) is 0 Å². The lowest BCUT2D eigenvalue weighted by Crippen LogP contribution is -2.33. The van der Waals surface area contributed by atoms with Gasteiger partial charge in [-0.1, -0.05) is 18.9 Å². The molecule has 110 valence electrons. The minimum atomic E-state index is -0.172. The van der Waals surface area contributed by atoms with Crippen molar-refractivity contribution in [3.63, 3.8) is 0 Å². The molecule has 0 spiro atoms. The average Bonchev–Trinajstić information content (AvgIpc) is 3.11. The maximum Gasteiger partial charge on any atom is 0.161 e. The van der Waals surface area contributed by atoms with Crippen LogP contribution in [-0.4, -0.2) is 24.7 Å². The zero-order chi connectivity index (χ0) is 14.0. The number of benzene rings is 1. The Balaban J connectivity index is 1.81. The zero-order valence-corrected chi connectivity index (χ0v) is 12.9. The molecule has 1 aromatic rings. The van der Waals surface area contributed by atoms with Crippen LogP contribution < -0.4 is 15.2 Å². The Kier molecular flexibility index (Phi) is 4.13. The fourth-order valence-corrected chi connectivity index (χ4v) is 4.25. The number of hydrogen-bond acceptors (Lipinski definition) is 4. The highest BCUT2D eigenvalue weighted by Gasteiger charge is 2.32. The van der Waals surface area contributed by atoms with Gasteiger partial charge in [0.05, 0.1) is 7.11 Å². The fraction of sp³-hybridized carbons (Fsp3) is 0.625.